The summed E-state index contributed by atoms with van der Waals surface area (Å²) in [4.78, 5) is 11.1. The Morgan fingerprint density at radius 1 is 1.41 bits per heavy atom. The molecule has 0 saturated heterocycles. The molecule has 5 heteroatoms. The first kappa shape index (κ1) is 11.3. The van der Waals surface area contributed by atoms with Gasteiger partial charge in [0.15, 0.2) is 0 Å². The Bertz CT molecular complexity index is 570. The molecule has 1 amide bonds. The van der Waals surface area contributed by atoms with E-state index in [-0.39, 0.29) is 5.56 Å². The van der Waals surface area contributed by atoms with Crippen molar-refractivity contribution in [2.45, 2.75) is 13.8 Å². The minimum Gasteiger partial charge on any atom is -0.366 e. The summed E-state index contributed by atoms with van der Waals surface area (Å²) in [5.41, 5.74) is 8.26. The summed E-state index contributed by atoms with van der Waals surface area (Å²) in [5.74, 6) is -1.39. The molecule has 0 radical (unpaired) electrons. The molecule has 4 nitrogen and oxygen atoms in total. The highest BCUT2D eigenvalue weighted by atomic mass is 19.1. The highest BCUT2D eigenvalue weighted by Gasteiger charge is 2.13. The molecule has 0 unspecified atom stereocenters. The van der Waals surface area contributed by atoms with Crippen molar-refractivity contribution in [1.82, 2.24) is 10.2 Å². The fourth-order valence-electron chi connectivity index (χ4n) is 1.85. The maximum atomic E-state index is 13.3. The third-order valence-corrected chi connectivity index (χ3v) is 2.65. The lowest BCUT2D eigenvalue weighted by Crippen LogP contribution is -2.13. The molecule has 17 heavy (non-hydrogen) atoms. The summed E-state index contributed by atoms with van der Waals surface area (Å²) in [6.07, 6.45) is 0. The first-order valence-electron chi connectivity index (χ1n) is 5.12. The topological polar surface area (TPSA) is 71.8 Å². The quantitative estimate of drug-likeness (QED) is 0.831. The number of carbonyl (C=O) groups excluding carboxylic acids is 1. The van der Waals surface area contributed by atoms with Gasteiger partial charge >= 0.3 is 0 Å². The van der Waals surface area contributed by atoms with Crippen LogP contribution in [0.1, 0.15) is 21.7 Å². The van der Waals surface area contributed by atoms with Crippen LogP contribution in [0.25, 0.3) is 11.1 Å². The number of amides is 1. The van der Waals surface area contributed by atoms with Gasteiger partial charge in [0.25, 0.3) is 5.91 Å². The fraction of sp³-hybridized carbons (Fsp3) is 0.167. The van der Waals surface area contributed by atoms with E-state index in [1.54, 1.807) is 6.07 Å². The Morgan fingerprint density at radius 2 is 2.12 bits per heavy atom. The van der Waals surface area contributed by atoms with Gasteiger partial charge in [-0.15, -0.1) is 0 Å². The maximum absolute atomic E-state index is 13.3. The lowest BCUT2D eigenvalue weighted by atomic mass is 10.0. The number of hydrogen-bond acceptors (Lipinski definition) is 2. The van der Waals surface area contributed by atoms with E-state index in [1.807, 2.05) is 13.8 Å². The van der Waals surface area contributed by atoms with Gasteiger partial charge in [0.1, 0.15) is 5.82 Å². The van der Waals surface area contributed by atoms with E-state index in [0.717, 1.165) is 22.5 Å². The van der Waals surface area contributed by atoms with E-state index in [4.69, 9.17) is 5.73 Å². The first-order chi connectivity index (χ1) is 8.00. The highest BCUT2D eigenvalue weighted by molar-refractivity contribution is 5.94. The molecule has 0 saturated carbocycles. The number of nitrogens with one attached hydrogen (secondary N) is 1. The third kappa shape index (κ3) is 1.91. The lowest BCUT2D eigenvalue weighted by molar-refractivity contribution is 0.0996. The number of H-pyrrole nitrogens is 1. The van der Waals surface area contributed by atoms with Gasteiger partial charge in [-0.3, -0.25) is 9.89 Å². The number of carbonyl (C=O) groups is 1. The van der Waals surface area contributed by atoms with E-state index in [0.29, 0.717) is 0 Å². The maximum Gasteiger partial charge on any atom is 0.251 e. The third-order valence-electron chi connectivity index (χ3n) is 2.65. The molecule has 1 heterocycles. The van der Waals surface area contributed by atoms with Crippen molar-refractivity contribution in [3.05, 3.63) is 41.0 Å². The van der Waals surface area contributed by atoms with Gasteiger partial charge in [-0.05, 0) is 31.5 Å². The summed E-state index contributed by atoms with van der Waals surface area (Å²) in [7, 11) is 0. The molecule has 0 aliphatic carbocycles. The van der Waals surface area contributed by atoms with Crippen molar-refractivity contribution in [2.75, 3.05) is 0 Å². The summed E-state index contributed by atoms with van der Waals surface area (Å²) in [6.45, 7) is 3.70. The number of aromatic amines is 1. The predicted octanol–water partition coefficient (Wildman–Crippen LogP) is 1.93. The van der Waals surface area contributed by atoms with Gasteiger partial charge in [0.2, 0.25) is 0 Å². The average Bonchev–Trinajstić information content (AvgIpc) is 2.59. The molecule has 2 rings (SSSR count). The van der Waals surface area contributed by atoms with Gasteiger partial charge in [-0.25, -0.2) is 4.39 Å². The monoisotopic (exact) mass is 233 g/mol. The number of hydrogen-bond donors (Lipinski definition) is 2. The number of aryl methyl sites for hydroxylation is 2. The average molecular weight is 233 g/mol. The largest absolute Gasteiger partial charge is 0.366 e. The van der Waals surface area contributed by atoms with E-state index in [9.17, 15) is 9.18 Å². The molecule has 3 N–H and O–H groups in total. The van der Waals surface area contributed by atoms with Crippen LogP contribution in [0.2, 0.25) is 0 Å². The zero-order valence-corrected chi connectivity index (χ0v) is 9.54. The van der Waals surface area contributed by atoms with Gasteiger partial charge < -0.3 is 5.73 Å². The summed E-state index contributed by atoms with van der Waals surface area (Å²) >= 11 is 0. The number of benzene rings is 1. The van der Waals surface area contributed by atoms with Gasteiger partial charge in [-0.2, -0.15) is 5.10 Å². The van der Waals surface area contributed by atoms with E-state index < -0.39 is 11.7 Å². The fourth-order valence-corrected chi connectivity index (χ4v) is 1.85. The Labute approximate surface area is 97.6 Å². The number of aromatic nitrogens is 2. The van der Waals surface area contributed by atoms with Crippen molar-refractivity contribution in [3.8, 4) is 11.1 Å². The molecule has 0 bridgehead atoms. The number of primary amides is 1. The molecular formula is C12H12FN3O. The van der Waals surface area contributed by atoms with Crippen LogP contribution in [0.4, 0.5) is 4.39 Å². The second kappa shape index (κ2) is 4.01. The van der Waals surface area contributed by atoms with Crippen LogP contribution in [-0.2, 0) is 0 Å². The number of halogens is 1. The normalized spacial score (nSPS) is 10.5. The molecule has 0 spiro atoms. The van der Waals surface area contributed by atoms with Crippen LogP contribution in [-0.4, -0.2) is 16.1 Å². The number of nitrogens with zero attached hydrogens (tertiary/aromatic N) is 1. The molecule has 88 valence electrons. The summed E-state index contributed by atoms with van der Waals surface area (Å²) < 4.78 is 13.3. The standard InChI is InChI=1S/C12H12FN3O/c1-6-11(7(2)16-15-6)8-3-4-10(13)9(5-8)12(14)17/h3-5H,1-2H3,(H2,14,17)(H,15,16). The second-order valence-corrected chi connectivity index (χ2v) is 3.87. The Morgan fingerprint density at radius 3 is 2.65 bits per heavy atom. The van der Waals surface area contributed by atoms with Crippen molar-refractivity contribution in [1.29, 1.82) is 0 Å². The molecule has 2 aromatic rings. The van der Waals surface area contributed by atoms with Crippen molar-refractivity contribution < 1.29 is 9.18 Å². The van der Waals surface area contributed by atoms with Crippen LogP contribution in [0.15, 0.2) is 18.2 Å². The SMILES string of the molecule is Cc1n[nH]c(C)c1-c1ccc(F)c(C(N)=O)c1. The molecule has 0 aliphatic heterocycles. The zero-order chi connectivity index (χ0) is 12.6. The second-order valence-electron chi connectivity index (χ2n) is 3.87. The minimum atomic E-state index is -0.775. The molecule has 0 fully saturated rings. The van der Waals surface area contributed by atoms with Gasteiger partial charge in [0, 0.05) is 11.3 Å². The van der Waals surface area contributed by atoms with E-state index in [2.05, 4.69) is 10.2 Å². The van der Waals surface area contributed by atoms with Crippen LogP contribution >= 0.6 is 0 Å². The first-order valence-corrected chi connectivity index (χ1v) is 5.12. The molecular weight excluding hydrogens is 221 g/mol. The minimum absolute atomic E-state index is 0.109. The predicted molar refractivity (Wildman–Crippen MR) is 62.0 cm³/mol. The van der Waals surface area contributed by atoms with Crippen LogP contribution < -0.4 is 5.73 Å². The summed E-state index contributed by atoms with van der Waals surface area (Å²) in [6, 6.07) is 4.29. The van der Waals surface area contributed by atoms with Crippen molar-refractivity contribution in [2.24, 2.45) is 5.73 Å². The van der Waals surface area contributed by atoms with Crippen LogP contribution in [0.3, 0.4) is 0 Å². The molecule has 0 aliphatic rings. The van der Waals surface area contributed by atoms with Gasteiger partial charge in [0.05, 0.1) is 11.3 Å². The smallest absolute Gasteiger partial charge is 0.251 e. The molecule has 0 atom stereocenters. The Kier molecular flexibility index (Phi) is 2.67. The highest BCUT2D eigenvalue weighted by Crippen LogP contribution is 2.26. The molecule has 1 aromatic heterocycles. The van der Waals surface area contributed by atoms with E-state index >= 15 is 0 Å². The number of nitrogens with two attached hydrogens (primary N) is 1. The number of rotatable bonds is 2. The van der Waals surface area contributed by atoms with Crippen molar-refractivity contribution >= 4 is 5.91 Å². The van der Waals surface area contributed by atoms with Crippen molar-refractivity contribution in [3.63, 3.8) is 0 Å². The zero-order valence-electron chi connectivity index (χ0n) is 9.54. The Balaban J connectivity index is 2.62. The Hall–Kier alpha value is -2.17. The summed E-state index contributed by atoms with van der Waals surface area (Å²) in [5, 5.41) is 6.89. The molecule has 1 aromatic carbocycles. The van der Waals surface area contributed by atoms with Crippen LogP contribution in [0, 0.1) is 19.7 Å². The van der Waals surface area contributed by atoms with Crippen LogP contribution in [0.5, 0.6) is 0 Å². The lowest BCUT2D eigenvalue weighted by Gasteiger charge is -2.04. The van der Waals surface area contributed by atoms with Gasteiger partial charge in [-0.1, -0.05) is 6.07 Å². The van der Waals surface area contributed by atoms with E-state index in [1.165, 1.54) is 12.1 Å².